The second-order valence-corrected chi connectivity index (χ2v) is 4.70. The van der Waals surface area contributed by atoms with Crippen molar-refractivity contribution < 1.29 is 19.4 Å². The molecule has 0 fully saturated rings. The van der Waals surface area contributed by atoms with Crippen molar-refractivity contribution in [2.75, 3.05) is 6.61 Å². The fourth-order valence-electron chi connectivity index (χ4n) is 1.72. The Bertz CT molecular complexity index is 486. The molecule has 0 aliphatic rings. The van der Waals surface area contributed by atoms with Crippen LogP contribution in [0.25, 0.3) is 0 Å². The highest BCUT2D eigenvalue weighted by molar-refractivity contribution is 6.32. The molecule has 0 aromatic heterocycles. The first-order valence-corrected chi connectivity index (χ1v) is 6.81. The van der Waals surface area contributed by atoms with Crippen LogP contribution in [-0.2, 0) is 4.79 Å². The number of carboxylic acid groups (broad SMARTS) is 1. The van der Waals surface area contributed by atoms with E-state index in [1.54, 1.807) is 0 Å². The second-order valence-electron chi connectivity index (χ2n) is 4.29. The van der Waals surface area contributed by atoms with Gasteiger partial charge in [0.05, 0.1) is 5.02 Å². The first-order chi connectivity index (χ1) is 9.49. The van der Waals surface area contributed by atoms with Gasteiger partial charge in [-0.15, -0.1) is 0 Å². The summed E-state index contributed by atoms with van der Waals surface area (Å²) in [5.74, 6) is -1.43. The number of hydrogen-bond donors (Lipinski definition) is 2. The van der Waals surface area contributed by atoms with Gasteiger partial charge in [0.2, 0.25) is 0 Å². The second kappa shape index (κ2) is 7.75. The lowest BCUT2D eigenvalue weighted by molar-refractivity contribution is -0.123. The Kier molecular flexibility index (Phi) is 6.31. The third kappa shape index (κ3) is 4.42. The summed E-state index contributed by atoms with van der Waals surface area (Å²) in [5.41, 5.74) is -0.0622. The molecule has 1 amide bonds. The zero-order valence-electron chi connectivity index (χ0n) is 11.5. The molecule has 0 radical (unpaired) electrons. The number of rotatable bonds is 7. The van der Waals surface area contributed by atoms with Crippen molar-refractivity contribution in [2.45, 2.75) is 32.7 Å². The molecule has 1 rings (SSSR count). The SMILES string of the molecule is CCC(CC)NC(=O)COc1c(Cl)cccc1C(=O)O. The average Bonchev–Trinajstić information content (AvgIpc) is 2.42. The van der Waals surface area contributed by atoms with Gasteiger partial charge in [-0.25, -0.2) is 4.79 Å². The molecule has 0 saturated heterocycles. The molecule has 0 saturated carbocycles. The standard InChI is InChI=1S/C14H18ClNO4/c1-3-9(4-2)16-12(17)8-20-13-10(14(18)19)6-5-7-11(13)15/h5-7,9H,3-4,8H2,1-2H3,(H,16,17)(H,18,19). The van der Waals surface area contributed by atoms with Crippen LogP contribution in [0.1, 0.15) is 37.0 Å². The van der Waals surface area contributed by atoms with E-state index in [1.807, 2.05) is 13.8 Å². The molecular weight excluding hydrogens is 282 g/mol. The van der Waals surface area contributed by atoms with Gasteiger partial charge in [-0.2, -0.15) is 0 Å². The third-order valence-electron chi connectivity index (χ3n) is 2.90. The molecule has 0 spiro atoms. The van der Waals surface area contributed by atoms with Gasteiger partial charge in [-0.05, 0) is 25.0 Å². The Morgan fingerprint density at radius 2 is 2.00 bits per heavy atom. The number of benzene rings is 1. The lowest BCUT2D eigenvalue weighted by atomic mass is 10.2. The highest BCUT2D eigenvalue weighted by atomic mass is 35.5. The summed E-state index contributed by atoms with van der Waals surface area (Å²) in [4.78, 5) is 22.8. The van der Waals surface area contributed by atoms with Crippen LogP contribution < -0.4 is 10.1 Å². The van der Waals surface area contributed by atoms with Crippen molar-refractivity contribution >= 4 is 23.5 Å². The molecule has 20 heavy (non-hydrogen) atoms. The van der Waals surface area contributed by atoms with E-state index in [1.165, 1.54) is 18.2 Å². The quantitative estimate of drug-likeness (QED) is 0.811. The minimum Gasteiger partial charge on any atom is -0.481 e. The highest BCUT2D eigenvalue weighted by Crippen LogP contribution is 2.28. The largest absolute Gasteiger partial charge is 0.481 e. The number of para-hydroxylation sites is 1. The van der Waals surface area contributed by atoms with Crippen LogP contribution in [0.3, 0.4) is 0 Å². The summed E-state index contributed by atoms with van der Waals surface area (Å²) in [6.07, 6.45) is 1.66. The predicted molar refractivity (Wildman–Crippen MR) is 76.4 cm³/mol. The number of amides is 1. The van der Waals surface area contributed by atoms with Gasteiger partial charge in [0.25, 0.3) is 5.91 Å². The maximum Gasteiger partial charge on any atom is 0.339 e. The van der Waals surface area contributed by atoms with E-state index >= 15 is 0 Å². The van der Waals surface area contributed by atoms with E-state index in [9.17, 15) is 9.59 Å². The number of halogens is 1. The Balaban J connectivity index is 2.70. The zero-order chi connectivity index (χ0) is 15.1. The molecule has 0 bridgehead atoms. The number of hydrogen-bond acceptors (Lipinski definition) is 3. The summed E-state index contributed by atoms with van der Waals surface area (Å²) in [7, 11) is 0. The summed E-state index contributed by atoms with van der Waals surface area (Å²) >= 11 is 5.90. The number of aromatic carboxylic acids is 1. The molecule has 0 atom stereocenters. The topological polar surface area (TPSA) is 75.6 Å². The summed E-state index contributed by atoms with van der Waals surface area (Å²) in [5, 5.41) is 12.0. The van der Waals surface area contributed by atoms with Crippen molar-refractivity contribution in [3.8, 4) is 5.75 Å². The molecule has 2 N–H and O–H groups in total. The molecule has 0 heterocycles. The number of carboxylic acids is 1. The monoisotopic (exact) mass is 299 g/mol. The van der Waals surface area contributed by atoms with Crippen LogP contribution in [0.4, 0.5) is 0 Å². The maximum atomic E-state index is 11.7. The van der Waals surface area contributed by atoms with Gasteiger partial charge >= 0.3 is 5.97 Å². The molecule has 0 unspecified atom stereocenters. The molecular formula is C14H18ClNO4. The average molecular weight is 300 g/mol. The molecule has 6 heteroatoms. The lowest BCUT2D eigenvalue weighted by Gasteiger charge is -2.15. The van der Waals surface area contributed by atoms with E-state index in [4.69, 9.17) is 21.4 Å². The first kappa shape index (κ1) is 16.3. The zero-order valence-corrected chi connectivity index (χ0v) is 12.2. The van der Waals surface area contributed by atoms with Crippen LogP contribution in [-0.4, -0.2) is 29.6 Å². The molecule has 1 aromatic rings. The number of carbonyl (C=O) groups is 2. The van der Waals surface area contributed by atoms with E-state index in [-0.39, 0.29) is 34.9 Å². The fraction of sp³-hybridized carbons (Fsp3) is 0.429. The van der Waals surface area contributed by atoms with Gasteiger partial charge < -0.3 is 15.2 Å². The van der Waals surface area contributed by atoms with E-state index in [0.717, 1.165) is 12.8 Å². The Morgan fingerprint density at radius 1 is 1.35 bits per heavy atom. The minimum atomic E-state index is -1.15. The van der Waals surface area contributed by atoms with E-state index in [2.05, 4.69) is 5.32 Å². The van der Waals surface area contributed by atoms with Crippen LogP contribution in [0.5, 0.6) is 5.75 Å². The van der Waals surface area contributed by atoms with Crippen molar-refractivity contribution in [3.63, 3.8) is 0 Å². The molecule has 110 valence electrons. The van der Waals surface area contributed by atoms with Gasteiger partial charge in [-0.3, -0.25) is 4.79 Å². The summed E-state index contributed by atoms with van der Waals surface area (Å²) in [6, 6.07) is 4.50. The molecule has 1 aromatic carbocycles. The smallest absolute Gasteiger partial charge is 0.339 e. The van der Waals surface area contributed by atoms with Crippen LogP contribution in [0.2, 0.25) is 5.02 Å². The van der Waals surface area contributed by atoms with Crippen molar-refractivity contribution in [1.29, 1.82) is 0 Å². The molecule has 0 aliphatic carbocycles. The summed E-state index contributed by atoms with van der Waals surface area (Å²) in [6.45, 7) is 3.69. The first-order valence-electron chi connectivity index (χ1n) is 6.43. The number of carbonyl (C=O) groups excluding carboxylic acids is 1. The Hall–Kier alpha value is -1.75. The Labute approximate surface area is 122 Å². The van der Waals surface area contributed by atoms with E-state index in [0.29, 0.717) is 0 Å². The summed E-state index contributed by atoms with van der Waals surface area (Å²) < 4.78 is 5.26. The van der Waals surface area contributed by atoms with Crippen LogP contribution >= 0.6 is 11.6 Å². The number of nitrogens with one attached hydrogen (secondary N) is 1. The fourth-order valence-corrected chi connectivity index (χ4v) is 1.95. The van der Waals surface area contributed by atoms with Gasteiger partial charge in [-0.1, -0.05) is 31.5 Å². The molecule has 5 nitrogen and oxygen atoms in total. The van der Waals surface area contributed by atoms with Crippen molar-refractivity contribution in [1.82, 2.24) is 5.32 Å². The van der Waals surface area contributed by atoms with Gasteiger partial charge in [0.1, 0.15) is 5.56 Å². The third-order valence-corrected chi connectivity index (χ3v) is 3.19. The van der Waals surface area contributed by atoms with Crippen LogP contribution in [0, 0.1) is 0 Å². The lowest BCUT2D eigenvalue weighted by Crippen LogP contribution is -2.37. The number of ether oxygens (including phenoxy) is 1. The van der Waals surface area contributed by atoms with Gasteiger partial charge in [0.15, 0.2) is 12.4 Å². The molecule has 0 aliphatic heterocycles. The minimum absolute atomic E-state index is 0.0152. The normalized spacial score (nSPS) is 10.4. The maximum absolute atomic E-state index is 11.7. The van der Waals surface area contributed by atoms with Crippen molar-refractivity contribution in [2.24, 2.45) is 0 Å². The Morgan fingerprint density at radius 3 is 2.55 bits per heavy atom. The van der Waals surface area contributed by atoms with E-state index < -0.39 is 5.97 Å². The predicted octanol–water partition coefficient (Wildman–Crippen LogP) is 2.72. The van der Waals surface area contributed by atoms with Crippen LogP contribution in [0.15, 0.2) is 18.2 Å². The van der Waals surface area contributed by atoms with Gasteiger partial charge in [0, 0.05) is 6.04 Å². The van der Waals surface area contributed by atoms with Crippen molar-refractivity contribution in [3.05, 3.63) is 28.8 Å². The highest BCUT2D eigenvalue weighted by Gasteiger charge is 2.16.